The molecule has 0 aliphatic heterocycles. The molecule has 1 heterocycles. The summed E-state index contributed by atoms with van der Waals surface area (Å²) < 4.78 is 2.07. The van der Waals surface area contributed by atoms with Crippen molar-refractivity contribution < 1.29 is 0 Å². The van der Waals surface area contributed by atoms with Crippen LogP contribution in [0.3, 0.4) is 0 Å². The highest BCUT2D eigenvalue weighted by Crippen LogP contribution is 2.05. The Morgan fingerprint density at radius 2 is 2.38 bits per heavy atom. The number of thioether (sulfide) groups is 1. The smallest absolute Gasteiger partial charge is 0.109 e. The molecule has 0 fully saturated rings. The lowest BCUT2D eigenvalue weighted by atomic mass is 10.4. The molecule has 0 unspecified atom stereocenters. The zero-order valence-corrected chi connectivity index (χ0v) is 8.89. The number of imidazole rings is 1. The van der Waals surface area contributed by atoms with Gasteiger partial charge in [-0.1, -0.05) is 0 Å². The van der Waals surface area contributed by atoms with Crippen molar-refractivity contribution in [1.82, 2.24) is 9.55 Å². The molecular formula is C9H17N3S. The number of hydrogen-bond acceptors (Lipinski definition) is 3. The molecule has 1 aromatic heterocycles. The predicted octanol–water partition coefficient (Wildman–Crippen LogP) is 1.04. The number of aromatic nitrogens is 2. The summed E-state index contributed by atoms with van der Waals surface area (Å²) in [7, 11) is 2.03. The summed E-state index contributed by atoms with van der Waals surface area (Å²) >= 11 is 1.95. The monoisotopic (exact) mass is 199 g/mol. The molecule has 3 nitrogen and oxygen atoms in total. The van der Waals surface area contributed by atoms with Gasteiger partial charge in [0, 0.05) is 31.6 Å². The molecule has 0 aliphatic carbocycles. The third-order valence-electron chi connectivity index (χ3n) is 1.88. The highest BCUT2D eigenvalue weighted by Gasteiger charge is 1.97. The van der Waals surface area contributed by atoms with Crippen molar-refractivity contribution in [2.75, 3.05) is 18.1 Å². The summed E-state index contributed by atoms with van der Waals surface area (Å²) in [5.74, 6) is 3.48. The van der Waals surface area contributed by atoms with Gasteiger partial charge in [0.2, 0.25) is 0 Å². The molecule has 74 valence electrons. The third kappa shape index (κ3) is 3.83. The molecule has 1 aromatic rings. The van der Waals surface area contributed by atoms with Crippen molar-refractivity contribution in [2.45, 2.75) is 12.8 Å². The van der Waals surface area contributed by atoms with Crippen LogP contribution in [0.2, 0.25) is 0 Å². The molecule has 1 rings (SSSR count). The topological polar surface area (TPSA) is 43.8 Å². The van der Waals surface area contributed by atoms with Gasteiger partial charge in [-0.25, -0.2) is 4.98 Å². The van der Waals surface area contributed by atoms with Gasteiger partial charge in [-0.3, -0.25) is 0 Å². The highest BCUT2D eigenvalue weighted by atomic mass is 32.2. The number of nitrogens with zero attached hydrogens (tertiary/aromatic N) is 2. The van der Waals surface area contributed by atoms with E-state index in [1.54, 1.807) is 0 Å². The van der Waals surface area contributed by atoms with E-state index in [2.05, 4.69) is 9.55 Å². The van der Waals surface area contributed by atoms with E-state index >= 15 is 0 Å². The van der Waals surface area contributed by atoms with Crippen molar-refractivity contribution >= 4 is 11.8 Å². The molecule has 0 aliphatic rings. The summed E-state index contributed by atoms with van der Waals surface area (Å²) in [6, 6.07) is 0. The third-order valence-corrected chi connectivity index (χ3v) is 2.95. The SMILES string of the molecule is Cn1ccnc1CCSCCCN. The average molecular weight is 199 g/mol. The Balaban J connectivity index is 2.10. The van der Waals surface area contributed by atoms with Gasteiger partial charge in [-0.05, 0) is 18.7 Å². The summed E-state index contributed by atoms with van der Waals surface area (Å²) in [5, 5.41) is 0. The second kappa shape index (κ2) is 6.05. The second-order valence-electron chi connectivity index (χ2n) is 2.96. The van der Waals surface area contributed by atoms with Crippen LogP contribution in [0.5, 0.6) is 0 Å². The largest absolute Gasteiger partial charge is 0.338 e. The first-order valence-electron chi connectivity index (χ1n) is 4.58. The van der Waals surface area contributed by atoms with Crippen LogP contribution in [-0.4, -0.2) is 27.6 Å². The molecule has 0 spiro atoms. The van der Waals surface area contributed by atoms with Crippen molar-refractivity contribution in [3.63, 3.8) is 0 Å². The lowest BCUT2D eigenvalue weighted by molar-refractivity contribution is 0.811. The lowest BCUT2D eigenvalue weighted by Gasteiger charge is -2.01. The molecule has 0 amide bonds. The Morgan fingerprint density at radius 1 is 1.54 bits per heavy atom. The van der Waals surface area contributed by atoms with Crippen molar-refractivity contribution in [1.29, 1.82) is 0 Å². The minimum Gasteiger partial charge on any atom is -0.338 e. The molecule has 2 N–H and O–H groups in total. The quantitative estimate of drug-likeness (QED) is 0.696. The predicted molar refractivity (Wildman–Crippen MR) is 57.9 cm³/mol. The van der Waals surface area contributed by atoms with Crippen LogP contribution in [0.1, 0.15) is 12.2 Å². The minimum absolute atomic E-state index is 0.801. The van der Waals surface area contributed by atoms with E-state index < -0.39 is 0 Å². The molecule has 0 saturated carbocycles. The Labute approximate surface area is 83.7 Å². The van der Waals surface area contributed by atoms with Gasteiger partial charge in [0.1, 0.15) is 5.82 Å². The van der Waals surface area contributed by atoms with Crippen molar-refractivity contribution in [2.24, 2.45) is 12.8 Å². The van der Waals surface area contributed by atoms with E-state index in [1.165, 1.54) is 11.6 Å². The Morgan fingerprint density at radius 3 is 3.00 bits per heavy atom. The molecular weight excluding hydrogens is 182 g/mol. The van der Waals surface area contributed by atoms with Crippen LogP contribution < -0.4 is 5.73 Å². The molecule has 0 bridgehead atoms. The van der Waals surface area contributed by atoms with Gasteiger partial charge in [0.05, 0.1) is 0 Å². The van der Waals surface area contributed by atoms with E-state index in [0.29, 0.717) is 0 Å². The van der Waals surface area contributed by atoms with Gasteiger partial charge >= 0.3 is 0 Å². The van der Waals surface area contributed by atoms with Crippen LogP contribution in [0.15, 0.2) is 12.4 Å². The summed E-state index contributed by atoms with van der Waals surface area (Å²) in [6.07, 6.45) is 6.00. The van der Waals surface area contributed by atoms with E-state index in [1.807, 2.05) is 31.2 Å². The molecule has 0 saturated heterocycles. The molecule has 0 radical (unpaired) electrons. The number of hydrogen-bond donors (Lipinski definition) is 1. The molecule has 0 aromatic carbocycles. The maximum absolute atomic E-state index is 5.40. The summed E-state index contributed by atoms with van der Waals surface area (Å²) in [6.45, 7) is 0.801. The summed E-state index contributed by atoms with van der Waals surface area (Å²) in [4.78, 5) is 4.26. The standard InChI is InChI=1S/C9H17N3S/c1-12-6-5-11-9(12)3-8-13-7-2-4-10/h5-6H,2-4,7-8,10H2,1H3. The zero-order chi connectivity index (χ0) is 9.52. The van der Waals surface area contributed by atoms with Crippen LogP contribution >= 0.6 is 11.8 Å². The number of aryl methyl sites for hydroxylation is 2. The Bertz CT molecular complexity index is 235. The summed E-state index contributed by atoms with van der Waals surface area (Å²) in [5.41, 5.74) is 5.40. The fraction of sp³-hybridized carbons (Fsp3) is 0.667. The van der Waals surface area contributed by atoms with E-state index in [9.17, 15) is 0 Å². The van der Waals surface area contributed by atoms with Gasteiger partial charge < -0.3 is 10.3 Å². The molecule has 4 heteroatoms. The minimum atomic E-state index is 0.801. The Kier molecular flexibility index (Phi) is 4.93. The molecule has 0 atom stereocenters. The molecule has 13 heavy (non-hydrogen) atoms. The van der Waals surface area contributed by atoms with Crippen LogP contribution in [0.25, 0.3) is 0 Å². The second-order valence-corrected chi connectivity index (χ2v) is 4.18. The number of nitrogens with two attached hydrogens (primary N) is 1. The zero-order valence-electron chi connectivity index (χ0n) is 8.07. The van der Waals surface area contributed by atoms with E-state index in [-0.39, 0.29) is 0 Å². The normalized spacial score (nSPS) is 10.6. The highest BCUT2D eigenvalue weighted by molar-refractivity contribution is 7.99. The lowest BCUT2D eigenvalue weighted by Crippen LogP contribution is -2.02. The first kappa shape index (κ1) is 10.6. The van der Waals surface area contributed by atoms with Gasteiger partial charge in [0.15, 0.2) is 0 Å². The average Bonchev–Trinajstić information content (AvgIpc) is 2.52. The van der Waals surface area contributed by atoms with Gasteiger partial charge in [0.25, 0.3) is 0 Å². The first-order valence-corrected chi connectivity index (χ1v) is 5.74. The fourth-order valence-electron chi connectivity index (χ4n) is 1.09. The van der Waals surface area contributed by atoms with E-state index in [4.69, 9.17) is 5.73 Å². The van der Waals surface area contributed by atoms with Crippen molar-refractivity contribution in [3.05, 3.63) is 18.2 Å². The Hall–Kier alpha value is -0.480. The first-order chi connectivity index (χ1) is 6.34. The van der Waals surface area contributed by atoms with Crippen LogP contribution in [0.4, 0.5) is 0 Å². The van der Waals surface area contributed by atoms with Crippen LogP contribution in [0, 0.1) is 0 Å². The van der Waals surface area contributed by atoms with Gasteiger partial charge in [-0.15, -0.1) is 0 Å². The van der Waals surface area contributed by atoms with Crippen molar-refractivity contribution in [3.8, 4) is 0 Å². The van der Waals surface area contributed by atoms with Crippen LogP contribution in [-0.2, 0) is 13.5 Å². The number of rotatable bonds is 6. The van der Waals surface area contributed by atoms with E-state index in [0.717, 1.165) is 25.1 Å². The fourth-order valence-corrected chi connectivity index (χ4v) is 1.99. The van der Waals surface area contributed by atoms with Gasteiger partial charge in [-0.2, -0.15) is 11.8 Å². The maximum atomic E-state index is 5.40. The maximum Gasteiger partial charge on any atom is 0.109 e.